The molecule has 1 saturated heterocycles. The van der Waals surface area contributed by atoms with Gasteiger partial charge in [0.15, 0.2) is 5.78 Å². The summed E-state index contributed by atoms with van der Waals surface area (Å²) in [4.78, 5) is 26.3. The van der Waals surface area contributed by atoms with E-state index in [1.54, 1.807) is 23.1 Å². The first-order valence-electron chi connectivity index (χ1n) is 10.6. The fraction of sp³-hybridized carbons (Fsp3) is 0.269. The number of nitrogens with zero attached hydrogens (tertiary/aromatic N) is 3. The van der Waals surface area contributed by atoms with Crippen LogP contribution in [0, 0.1) is 20.8 Å². The highest BCUT2D eigenvalue weighted by molar-refractivity contribution is 6.07. The lowest BCUT2D eigenvalue weighted by molar-refractivity contribution is -0.117. The normalized spacial score (nSPS) is 14.0. The summed E-state index contributed by atoms with van der Waals surface area (Å²) in [5.74, 6) is 0.0805. The highest BCUT2D eigenvalue weighted by Gasteiger charge is 2.21. The minimum atomic E-state index is -0.0654. The zero-order valence-electron chi connectivity index (χ0n) is 18.3. The molecule has 0 N–H and O–H groups in total. The van der Waals surface area contributed by atoms with Crippen LogP contribution in [0.1, 0.15) is 51.3 Å². The number of allylic oxidation sites excluding steroid dienone is 1. The lowest BCUT2D eigenvalue weighted by Crippen LogP contribution is -2.23. The first-order chi connectivity index (χ1) is 14.9. The van der Waals surface area contributed by atoms with Gasteiger partial charge in [-0.1, -0.05) is 29.8 Å². The quantitative estimate of drug-likeness (QED) is 0.427. The molecule has 3 aromatic rings. The van der Waals surface area contributed by atoms with Crippen molar-refractivity contribution in [3.63, 3.8) is 0 Å². The number of hydrogen-bond acceptors (Lipinski definition) is 3. The molecule has 2 aromatic carbocycles. The van der Waals surface area contributed by atoms with Crippen LogP contribution in [0.5, 0.6) is 0 Å². The molecule has 1 aromatic heterocycles. The molecule has 31 heavy (non-hydrogen) atoms. The summed E-state index contributed by atoms with van der Waals surface area (Å²) >= 11 is 0. The van der Waals surface area contributed by atoms with Crippen molar-refractivity contribution in [3.05, 3.63) is 88.2 Å². The van der Waals surface area contributed by atoms with Crippen molar-refractivity contribution in [2.45, 2.75) is 40.2 Å². The molecule has 0 spiro atoms. The largest absolute Gasteiger partial charge is 0.312 e. The second kappa shape index (κ2) is 8.72. The molecular weight excluding hydrogens is 386 g/mol. The summed E-state index contributed by atoms with van der Waals surface area (Å²) < 4.78 is 1.98. The minimum Gasteiger partial charge on any atom is -0.312 e. The topological polar surface area (TPSA) is 55.2 Å². The molecule has 0 bridgehead atoms. The van der Waals surface area contributed by atoms with E-state index < -0.39 is 0 Å². The van der Waals surface area contributed by atoms with Crippen molar-refractivity contribution in [2.75, 3.05) is 11.4 Å². The third-order valence-electron chi connectivity index (χ3n) is 5.83. The van der Waals surface area contributed by atoms with Gasteiger partial charge in [0.1, 0.15) is 0 Å². The molecule has 1 aliphatic rings. The molecule has 1 fully saturated rings. The monoisotopic (exact) mass is 413 g/mol. The zero-order valence-corrected chi connectivity index (χ0v) is 18.3. The summed E-state index contributed by atoms with van der Waals surface area (Å²) in [6.07, 6.45) is 4.94. The van der Waals surface area contributed by atoms with Crippen molar-refractivity contribution < 1.29 is 9.59 Å². The minimum absolute atomic E-state index is 0.0654. The summed E-state index contributed by atoms with van der Waals surface area (Å²) in [6.45, 7) is 7.51. The van der Waals surface area contributed by atoms with E-state index in [-0.39, 0.29) is 11.7 Å². The number of benzene rings is 2. The lowest BCUT2D eigenvalue weighted by atomic mass is 10.1. The molecule has 1 aliphatic heterocycles. The van der Waals surface area contributed by atoms with Gasteiger partial charge in [0.05, 0.1) is 12.2 Å². The molecule has 0 saturated carbocycles. The Morgan fingerprint density at radius 1 is 1.03 bits per heavy atom. The van der Waals surface area contributed by atoms with Crippen LogP contribution in [0.25, 0.3) is 6.08 Å². The van der Waals surface area contributed by atoms with Gasteiger partial charge in [0, 0.05) is 35.5 Å². The Balaban J connectivity index is 1.47. The molecule has 1 amide bonds. The summed E-state index contributed by atoms with van der Waals surface area (Å²) in [5.41, 5.74) is 6.79. The van der Waals surface area contributed by atoms with Gasteiger partial charge in [-0.25, -0.2) is 0 Å². The van der Waals surface area contributed by atoms with Crippen molar-refractivity contribution in [2.24, 2.45) is 0 Å². The highest BCUT2D eigenvalue weighted by atomic mass is 16.2. The molecule has 158 valence electrons. The fourth-order valence-corrected chi connectivity index (χ4v) is 3.95. The lowest BCUT2D eigenvalue weighted by Gasteiger charge is -2.15. The maximum atomic E-state index is 12.7. The van der Waals surface area contributed by atoms with Crippen molar-refractivity contribution in [3.8, 4) is 0 Å². The Bertz CT molecular complexity index is 1140. The Morgan fingerprint density at radius 3 is 2.39 bits per heavy atom. The number of rotatable bonds is 6. The standard InChI is InChI=1S/C26H27N3O2/c1-18-6-8-21(9-7-18)17-29-20(3)24(19(2)27-29)14-15-25(30)22-10-12-23(13-11-22)28-16-4-5-26(28)31/h6-15H,4-5,16-17H2,1-3H3/b15-14+. The van der Waals surface area contributed by atoms with Gasteiger partial charge in [-0.05, 0) is 69.2 Å². The van der Waals surface area contributed by atoms with Crippen LogP contribution in [0.15, 0.2) is 54.6 Å². The van der Waals surface area contributed by atoms with Gasteiger partial charge in [0.2, 0.25) is 5.91 Å². The molecule has 0 atom stereocenters. The van der Waals surface area contributed by atoms with Crippen LogP contribution >= 0.6 is 0 Å². The second-order valence-corrected chi connectivity index (χ2v) is 8.12. The van der Waals surface area contributed by atoms with Gasteiger partial charge >= 0.3 is 0 Å². The number of anilines is 1. The smallest absolute Gasteiger partial charge is 0.227 e. The summed E-state index contributed by atoms with van der Waals surface area (Å²) in [6, 6.07) is 15.7. The van der Waals surface area contributed by atoms with Crippen LogP contribution in [-0.4, -0.2) is 28.0 Å². The van der Waals surface area contributed by atoms with E-state index in [9.17, 15) is 9.59 Å². The first kappa shape index (κ1) is 20.8. The van der Waals surface area contributed by atoms with Gasteiger partial charge in [-0.15, -0.1) is 0 Å². The van der Waals surface area contributed by atoms with Gasteiger partial charge in [0.25, 0.3) is 0 Å². The summed E-state index contributed by atoms with van der Waals surface area (Å²) in [5, 5.41) is 4.66. The number of carbonyl (C=O) groups excluding carboxylic acids is 2. The highest BCUT2D eigenvalue weighted by Crippen LogP contribution is 2.22. The van der Waals surface area contributed by atoms with Gasteiger partial charge in [-0.2, -0.15) is 5.10 Å². The van der Waals surface area contributed by atoms with E-state index in [2.05, 4.69) is 36.3 Å². The van der Waals surface area contributed by atoms with Crippen LogP contribution in [-0.2, 0) is 11.3 Å². The second-order valence-electron chi connectivity index (χ2n) is 8.12. The van der Waals surface area contributed by atoms with Crippen LogP contribution in [0.3, 0.4) is 0 Å². The fourth-order valence-electron chi connectivity index (χ4n) is 3.95. The number of aromatic nitrogens is 2. The third-order valence-corrected chi connectivity index (χ3v) is 5.83. The SMILES string of the molecule is Cc1ccc(Cn2nc(C)c(/C=C/C(=O)c3ccc(N4CCCC4=O)cc3)c2C)cc1. The van der Waals surface area contributed by atoms with E-state index >= 15 is 0 Å². The number of amides is 1. The van der Waals surface area contributed by atoms with Crippen LogP contribution < -0.4 is 4.90 Å². The van der Waals surface area contributed by atoms with E-state index in [1.807, 2.05) is 36.7 Å². The zero-order chi connectivity index (χ0) is 22.0. The molecule has 0 radical (unpaired) electrons. The molecule has 2 heterocycles. The van der Waals surface area contributed by atoms with Crippen molar-refractivity contribution >= 4 is 23.5 Å². The molecule has 0 aliphatic carbocycles. The Labute approximate surface area is 183 Å². The maximum Gasteiger partial charge on any atom is 0.227 e. The van der Waals surface area contributed by atoms with Crippen molar-refractivity contribution in [1.29, 1.82) is 0 Å². The number of carbonyl (C=O) groups is 2. The molecule has 5 nitrogen and oxygen atoms in total. The maximum absolute atomic E-state index is 12.7. The van der Waals surface area contributed by atoms with E-state index in [0.29, 0.717) is 18.5 Å². The van der Waals surface area contributed by atoms with Crippen molar-refractivity contribution in [1.82, 2.24) is 9.78 Å². The van der Waals surface area contributed by atoms with E-state index in [1.165, 1.54) is 11.1 Å². The van der Waals surface area contributed by atoms with Gasteiger partial charge < -0.3 is 4.90 Å². The molecule has 0 unspecified atom stereocenters. The molecular formula is C26H27N3O2. The number of ketones is 1. The predicted molar refractivity (Wildman–Crippen MR) is 123 cm³/mol. The number of aryl methyl sites for hydroxylation is 2. The van der Waals surface area contributed by atoms with E-state index in [4.69, 9.17) is 0 Å². The van der Waals surface area contributed by atoms with Gasteiger partial charge in [-0.3, -0.25) is 14.3 Å². The summed E-state index contributed by atoms with van der Waals surface area (Å²) in [7, 11) is 0. The van der Waals surface area contributed by atoms with Crippen LogP contribution in [0.4, 0.5) is 5.69 Å². The average Bonchev–Trinajstić information content (AvgIpc) is 3.31. The Hall–Kier alpha value is -3.47. The number of hydrogen-bond donors (Lipinski definition) is 0. The first-order valence-corrected chi connectivity index (χ1v) is 10.6. The van der Waals surface area contributed by atoms with E-state index in [0.717, 1.165) is 35.6 Å². The molecule has 4 rings (SSSR count). The third kappa shape index (κ3) is 4.50. The Kier molecular flexibility index (Phi) is 5.85. The average molecular weight is 414 g/mol. The molecule has 5 heteroatoms. The Morgan fingerprint density at radius 2 is 1.74 bits per heavy atom. The van der Waals surface area contributed by atoms with Crippen LogP contribution in [0.2, 0.25) is 0 Å². The predicted octanol–water partition coefficient (Wildman–Crippen LogP) is 4.88.